The molecular formula is C90H149N3O7. The molecule has 0 spiro atoms. The Morgan fingerprint density at radius 3 is 0.660 bits per heavy atom. The van der Waals surface area contributed by atoms with Crippen molar-refractivity contribution in [3.63, 3.8) is 0 Å². The van der Waals surface area contributed by atoms with Crippen molar-refractivity contribution in [2.24, 2.45) is 65.0 Å². The van der Waals surface area contributed by atoms with Gasteiger partial charge in [0.1, 0.15) is 17.3 Å². The van der Waals surface area contributed by atoms with E-state index in [4.69, 9.17) is 17.6 Å². The van der Waals surface area contributed by atoms with Crippen LogP contribution in [0.2, 0.25) is 0 Å². The second-order valence-electron chi connectivity index (χ2n) is 40.2. The van der Waals surface area contributed by atoms with Gasteiger partial charge in [-0.25, -0.2) is 0 Å². The molecule has 0 heterocycles. The number of terminal acetylenes is 2. The molecule has 0 aliphatic carbocycles. The fourth-order valence-corrected chi connectivity index (χ4v) is 7.77. The van der Waals surface area contributed by atoms with Gasteiger partial charge in [0, 0.05) is 90.6 Å². The number of hydrogen-bond donors (Lipinski definition) is 3. The van der Waals surface area contributed by atoms with Crippen LogP contribution in [0.5, 0.6) is 0 Å². The molecule has 0 unspecified atom stereocenters. The lowest BCUT2D eigenvalue weighted by Crippen LogP contribution is -2.34. The molecule has 0 aliphatic heterocycles. The van der Waals surface area contributed by atoms with Gasteiger partial charge in [0.2, 0.25) is 17.7 Å². The largest absolute Gasteiger partial charge is 0.381 e. The van der Waals surface area contributed by atoms with E-state index < -0.39 is 0 Å². The molecule has 10 nitrogen and oxygen atoms in total. The molecule has 0 saturated carbocycles. The molecule has 3 N–H and O–H groups in total. The fraction of sp³-hybridized carbons (Fsp3) is 0.733. The lowest BCUT2D eigenvalue weighted by Gasteiger charge is -2.28. The van der Waals surface area contributed by atoms with E-state index >= 15 is 0 Å². The molecule has 0 aromatic carbocycles. The van der Waals surface area contributed by atoms with E-state index in [2.05, 4.69) is 318 Å². The Bertz CT molecular complexity index is 2750. The normalized spacial score (nSPS) is 11.2. The standard InChI is InChI=1S/C18H2.2C14H27NO2.C12H26O.C12H24O.C11H23NO.C9H20/c1-3-5-7-9-11-13-15-17-18-16-14-12-10-8-6-4-2;2*1-13(2,3)9-11(16)7-8-12(17)15-10-14(4,5)6;1-11(2,3)7-9-13-10-8-12(4,5)6;1-11(2,3)8-7-10(13)9-12(4,5)6;1-10(2,3)7-9(13)12-8-11(4,5)6;1-8(2,3)7-9(4,5)6/h1-2H;2*7-10H2,1-6H3,(H,15,17);7-10H2,1-6H3;7-9H2,1-6H3;7-8H2,1-6H3,(H,12,13);7H2,1-6H3. The highest BCUT2D eigenvalue weighted by Crippen LogP contribution is 2.32. The number of Topliss-reactive ketones (excluding diaryl/α,β-unsaturated/α-hetero) is 3. The van der Waals surface area contributed by atoms with E-state index in [0.717, 1.165) is 45.4 Å². The smallest absolute Gasteiger partial charge is 0.220 e. The number of ether oxygens (including phenoxy) is 1. The number of rotatable bonds is 19. The van der Waals surface area contributed by atoms with Crippen LogP contribution in [0, 0.1) is 173 Å². The highest BCUT2D eigenvalue weighted by atomic mass is 16.5. The molecule has 0 atom stereocenters. The van der Waals surface area contributed by atoms with Crippen molar-refractivity contribution in [2.75, 3.05) is 32.8 Å². The van der Waals surface area contributed by atoms with Gasteiger partial charge in [0.05, 0.1) is 0 Å². The maximum Gasteiger partial charge on any atom is 0.220 e. The average molecular weight is 1390 g/mol. The fourth-order valence-electron chi connectivity index (χ4n) is 7.77. The van der Waals surface area contributed by atoms with Crippen molar-refractivity contribution in [3.8, 4) is 108 Å². The number of nitrogens with one attached hydrogen (secondary N) is 3. The molecular weight excluding hydrogens is 1240 g/mol. The summed E-state index contributed by atoms with van der Waals surface area (Å²) in [6.07, 6.45) is 18.8. The third-order valence-corrected chi connectivity index (χ3v) is 11.7. The Morgan fingerprint density at radius 2 is 0.470 bits per heavy atom. The van der Waals surface area contributed by atoms with Crippen LogP contribution in [-0.4, -0.2) is 67.9 Å². The molecule has 0 rings (SSSR count). The quantitative estimate of drug-likeness (QED) is 0.0862. The second kappa shape index (κ2) is 52.4. The summed E-state index contributed by atoms with van der Waals surface area (Å²) in [7, 11) is 0. The molecule has 0 saturated heterocycles. The predicted molar refractivity (Wildman–Crippen MR) is 430 cm³/mol. The molecule has 566 valence electrons. The maximum atomic E-state index is 11.6. The van der Waals surface area contributed by atoms with Crippen molar-refractivity contribution in [3.05, 3.63) is 0 Å². The lowest BCUT2D eigenvalue weighted by atomic mass is 9.78. The van der Waals surface area contributed by atoms with Crippen LogP contribution in [-0.2, 0) is 33.5 Å². The minimum atomic E-state index is -0.0258. The van der Waals surface area contributed by atoms with Gasteiger partial charge in [0.15, 0.2) is 0 Å². The Balaban J connectivity index is -0.000000204. The van der Waals surface area contributed by atoms with Crippen molar-refractivity contribution >= 4 is 35.1 Å². The first kappa shape index (κ1) is 107. The number of hydrogen-bond acceptors (Lipinski definition) is 7. The predicted octanol–water partition coefficient (Wildman–Crippen LogP) is 19.9. The van der Waals surface area contributed by atoms with E-state index in [1.807, 2.05) is 41.5 Å². The topological polar surface area (TPSA) is 148 Å². The van der Waals surface area contributed by atoms with Crippen LogP contribution in [0.15, 0.2) is 0 Å². The Kier molecular flexibility index (Phi) is 56.0. The van der Waals surface area contributed by atoms with Crippen LogP contribution >= 0.6 is 0 Å². The van der Waals surface area contributed by atoms with Gasteiger partial charge in [-0.05, 0) is 185 Å². The van der Waals surface area contributed by atoms with Gasteiger partial charge in [-0.2, -0.15) is 0 Å². The first-order chi connectivity index (χ1) is 44.5. The Labute approximate surface area is 619 Å². The lowest BCUT2D eigenvalue weighted by molar-refractivity contribution is -0.126. The molecule has 0 aromatic heterocycles. The zero-order chi connectivity index (χ0) is 80.3. The average Bonchev–Trinajstić information content (AvgIpc) is 0.936. The second-order valence-corrected chi connectivity index (χ2v) is 40.2. The molecule has 0 bridgehead atoms. The van der Waals surface area contributed by atoms with Crippen LogP contribution < -0.4 is 16.0 Å². The van der Waals surface area contributed by atoms with Gasteiger partial charge >= 0.3 is 0 Å². The SMILES string of the molecule is C#CC#CC#CC#CC#CC#CC#CC#CC#C.CC(C)(C)CC(C)(C)C.CC(C)(C)CCC(=O)CC(C)(C)C.CC(C)(C)CCOCCC(C)(C)C.CC(C)(C)CNC(=O)CC(C)(C)C.CC(C)(C)CNC(=O)CCC(=O)CC(C)(C)C.CC(C)(C)CNC(=O)CCC(=O)CC(C)(C)C. The minimum absolute atomic E-state index is 0.0129. The van der Waals surface area contributed by atoms with Crippen LogP contribution in [0.4, 0.5) is 0 Å². The van der Waals surface area contributed by atoms with Gasteiger partial charge in [0.25, 0.3) is 0 Å². The maximum absolute atomic E-state index is 11.6. The van der Waals surface area contributed by atoms with Crippen molar-refractivity contribution in [1.82, 2.24) is 16.0 Å². The Morgan fingerprint density at radius 1 is 0.250 bits per heavy atom. The summed E-state index contributed by atoms with van der Waals surface area (Å²) in [6.45, 7) is 81.1. The zero-order valence-corrected chi connectivity index (χ0v) is 71.2. The van der Waals surface area contributed by atoms with Gasteiger partial charge in [-0.1, -0.05) is 249 Å². The van der Waals surface area contributed by atoms with Crippen LogP contribution in [0.1, 0.15) is 333 Å². The molecule has 0 aliphatic rings. The number of amides is 3. The monoisotopic (exact) mass is 1380 g/mol. The Hall–Kier alpha value is -6.58. The molecule has 0 fully saturated rings. The summed E-state index contributed by atoms with van der Waals surface area (Å²) in [5.41, 5.74) is 2.67. The summed E-state index contributed by atoms with van der Waals surface area (Å²) < 4.78 is 5.59. The van der Waals surface area contributed by atoms with Crippen LogP contribution in [0.3, 0.4) is 0 Å². The minimum Gasteiger partial charge on any atom is -0.381 e. The molecule has 10 heteroatoms. The first-order valence-corrected chi connectivity index (χ1v) is 35.9. The third kappa shape index (κ3) is 122. The van der Waals surface area contributed by atoms with Crippen molar-refractivity contribution in [1.29, 1.82) is 0 Å². The van der Waals surface area contributed by atoms with E-state index in [0.29, 0.717) is 91.9 Å². The highest BCUT2D eigenvalue weighted by molar-refractivity contribution is 5.86. The summed E-state index contributed by atoms with van der Waals surface area (Å²) in [4.78, 5) is 69.1. The molecule has 100 heavy (non-hydrogen) atoms. The van der Waals surface area contributed by atoms with E-state index in [1.54, 1.807) is 0 Å². The number of ketones is 3. The molecule has 3 amide bonds. The summed E-state index contributed by atoms with van der Waals surface area (Å²) in [5.74, 6) is 39.1. The summed E-state index contributed by atoms with van der Waals surface area (Å²) >= 11 is 0. The third-order valence-electron chi connectivity index (χ3n) is 11.7. The number of carbonyl (C=O) groups excluding carboxylic acids is 6. The highest BCUT2D eigenvalue weighted by Gasteiger charge is 2.23. The van der Waals surface area contributed by atoms with Crippen molar-refractivity contribution < 1.29 is 33.5 Å². The van der Waals surface area contributed by atoms with E-state index in [-0.39, 0.29) is 72.6 Å². The summed E-state index contributed by atoms with van der Waals surface area (Å²) in [6, 6.07) is 0. The van der Waals surface area contributed by atoms with Crippen molar-refractivity contribution in [2.45, 2.75) is 333 Å². The first-order valence-electron chi connectivity index (χ1n) is 35.9. The van der Waals surface area contributed by atoms with E-state index in [9.17, 15) is 28.8 Å². The van der Waals surface area contributed by atoms with Gasteiger partial charge in [-0.3, -0.25) is 28.8 Å². The molecule has 0 aromatic rings. The zero-order valence-electron chi connectivity index (χ0n) is 71.2. The summed E-state index contributed by atoms with van der Waals surface area (Å²) in [5, 5.41) is 8.64. The van der Waals surface area contributed by atoms with Crippen LogP contribution in [0.25, 0.3) is 0 Å². The van der Waals surface area contributed by atoms with Gasteiger partial charge in [-0.15, -0.1) is 12.8 Å². The van der Waals surface area contributed by atoms with E-state index in [1.165, 1.54) is 6.42 Å². The molecule has 0 radical (unpaired) electrons. The van der Waals surface area contributed by atoms with Gasteiger partial charge < -0.3 is 20.7 Å². The number of carbonyl (C=O) groups is 6.